The minimum Gasteiger partial charge on any atom is -0.370 e. The van der Waals surface area contributed by atoms with Gasteiger partial charge in [0.05, 0.1) is 6.54 Å². The summed E-state index contributed by atoms with van der Waals surface area (Å²) in [6.45, 7) is 3.75. The van der Waals surface area contributed by atoms with Gasteiger partial charge in [0.2, 0.25) is 0 Å². The summed E-state index contributed by atoms with van der Waals surface area (Å²) in [6, 6.07) is 11.2. The normalized spacial score (nSPS) is 15.2. The van der Waals surface area contributed by atoms with Crippen LogP contribution in [0.4, 0.5) is 5.69 Å². The molecule has 0 aliphatic carbocycles. The minimum atomic E-state index is -0.543. The third kappa shape index (κ3) is 4.43. The molecule has 0 bridgehead atoms. The van der Waals surface area contributed by atoms with E-state index in [1.165, 1.54) is 0 Å². The average molecular weight is 373 g/mol. The van der Waals surface area contributed by atoms with E-state index in [1.54, 1.807) is 18.3 Å². The first-order valence-electron chi connectivity index (χ1n) is 8.33. The lowest BCUT2D eigenvalue weighted by Crippen LogP contribution is -2.51. The number of nitrogens with zero attached hydrogens (tertiary/aromatic N) is 4. The van der Waals surface area contributed by atoms with Crippen molar-refractivity contribution in [1.29, 1.82) is 0 Å². The molecule has 7 nitrogen and oxygen atoms in total. The van der Waals surface area contributed by atoms with E-state index in [4.69, 9.17) is 23.1 Å². The Morgan fingerprint density at radius 2 is 1.77 bits per heavy atom. The molecule has 3 rings (SSSR count). The van der Waals surface area contributed by atoms with Crippen molar-refractivity contribution in [1.82, 2.24) is 9.88 Å². The SMILES string of the molecule is NC(=O)c1ccc(CN=C(N)N2CCN(c3ccc(Cl)cc3)CC2)cn1. The van der Waals surface area contributed by atoms with E-state index in [2.05, 4.69) is 19.8 Å². The third-order valence-electron chi connectivity index (χ3n) is 4.30. The van der Waals surface area contributed by atoms with E-state index in [1.807, 2.05) is 24.3 Å². The van der Waals surface area contributed by atoms with Gasteiger partial charge in [-0.3, -0.25) is 9.78 Å². The van der Waals surface area contributed by atoms with Gasteiger partial charge >= 0.3 is 0 Å². The smallest absolute Gasteiger partial charge is 0.267 e. The number of carbonyl (C=O) groups excluding carboxylic acids is 1. The molecule has 0 radical (unpaired) electrons. The number of hydrogen-bond donors (Lipinski definition) is 2. The van der Waals surface area contributed by atoms with Crippen LogP contribution in [0.5, 0.6) is 0 Å². The van der Waals surface area contributed by atoms with E-state index in [9.17, 15) is 4.79 Å². The van der Waals surface area contributed by atoms with Gasteiger partial charge in [-0.15, -0.1) is 0 Å². The van der Waals surface area contributed by atoms with Crippen molar-refractivity contribution in [2.45, 2.75) is 6.54 Å². The van der Waals surface area contributed by atoms with E-state index in [0.717, 1.165) is 42.5 Å². The standard InChI is InChI=1S/C18H21ClN6O/c19-14-2-4-15(5-3-14)24-7-9-25(10-8-24)18(21)23-12-13-1-6-16(17(20)26)22-11-13/h1-6,11H,7-10,12H2,(H2,20,26)(H2,21,23). The number of aliphatic imine (C=N–C) groups is 1. The number of amides is 1. The van der Waals surface area contributed by atoms with Crippen LogP contribution in [0.2, 0.25) is 5.02 Å². The zero-order valence-corrected chi connectivity index (χ0v) is 15.1. The van der Waals surface area contributed by atoms with Gasteiger partial charge in [-0.1, -0.05) is 17.7 Å². The van der Waals surface area contributed by atoms with E-state index >= 15 is 0 Å². The second-order valence-electron chi connectivity index (χ2n) is 6.04. The molecule has 26 heavy (non-hydrogen) atoms. The lowest BCUT2D eigenvalue weighted by Gasteiger charge is -2.36. The van der Waals surface area contributed by atoms with Crippen LogP contribution in [-0.4, -0.2) is 47.9 Å². The van der Waals surface area contributed by atoms with Crippen molar-refractivity contribution in [2.24, 2.45) is 16.5 Å². The van der Waals surface area contributed by atoms with Gasteiger partial charge in [-0.25, -0.2) is 4.99 Å². The van der Waals surface area contributed by atoms with Crippen LogP contribution in [0, 0.1) is 0 Å². The molecule has 2 heterocycles. The number of guanidine groups is 1. The molecule has 136 valence electrons. The van der Waals surface area contributed by atoms with Crippen LogP contribution in [0.3, 0.4) is 0 Å². The molecular formula is C18H21ClN6O. The first-order valence-corrected chi connectivity index (χ1v) is 8.71. The maximum atomic E-state index is 11.0. The number of anilines is 1. The zero-order chi connectivity index (χ0) is 18.5. The van der Waals surface area contributed by atoms with E-state index < -0.39 is 5.91 Å². The number of halogens is 1. The Morgan fingerprint density at radius 1 is 1.08 bits per heavy atom. The van der Waals surface area contributed by atoms with Crippen molar-refractivity contribution in [3.8, 4) is 0 Å². The van der Waals surface area contributed by atoms with Crippen molar-refractivity contribution >= 4 is 29.2 Å². The van der Waals surface area contributed by atoms with Gasteiger partial charge in [-0.2, -0.15) is 0 Å². The maximum absolute atomic E-state index is 11.0. The molecule has 0 saturated carbocycles. The number of hydrogen-bond acceptors (Lipinski definition) is 4. The molecule has 0 spiro atoms. The highest BCUT2D eigenvalue weighted by Crippen LogP contribution is 2.19. The Bertz CT molecular complexity index is 782. The summed E-state index contributed by atoms with van der Waals surface area (Å²) in [6.07, 6.45) is 1.59. The Labute approximate surface area is 157 Å². The summed E-state index contributed by atoms with van der Waals surface area (Å²) in [5.41, 5.74) is 13.6. The second kappa shape index (κ2) is 8.05. The van der Waals surface area contributed by atoms with Gasteiger partial charge < -0.3 is 21.3 Å². The lowest BCUT2D eigenvalue weighted by atomic mass is 10.2. The van der Waals surface area contributed by atoms with Crippen molar-refractivity contribution in [3.63, 3.8) is 0 Å². The monoisotopic (exact) mass is 372 g/mol. The van der Waals surface area contributed by atoms with E-state index in [0.29, 0.717) is 12.5 Å². The number of primary amides is 1. The van der Waals surface area contributed by atoms with Gasteiger partial charge in [0.25, 0.3) is 5.91 Å². The highest BCUT2D eigenvalue weighted by atomic mass is 35.5. The lowest BCUT2D eigenvalue weighted by molar-refractivity contribution is 0.0995. The van der Waals surface area contributed by atoms with Gasteiger partial charge in [-0.05, 0) is 35.9 Å². The van der Waals surface area contributed by atoms with E-state index in [-0.39, 0.29) is 5.69 Å². The van der Waals surface area contributed by atoms with Crippen LogP contribution >= 0.6 is 11.6 Å². The molecule has 2 aromatic rings. The molecule has 4 N–H and O–H groups in total. The van der Waals surface area contributed by atoms with Crippen LogP contribution in [0.1, 0.15) is 16.1 Å². The Morgan fingerprint density at radius 3 is 2.35 bits per heavy atom. The first kappa shape index (κ1) is 18.0. The van der Waals surface area contributed by atoms with Gasteiger partial charge in [0.1, 0.15) is 5.69 Å². The summed E-state index contributed by atoms with van der Waals surface area (Å²) in [5, 5.41) is 0.738. The fraction of sp³-hybridized carbons (Fsp3) is 0.278. The topological polar surface area (TPSA) is 101 Å². The quantitative estimate of drug-likeness (QED) is 0.625. The predicted molar refractivity (Wildman–Crippen MR) is 103 cm³/mol. The van der Waals surface area contributed by atoms with Crippen molar-refractivity contribution in [2.75, 3.05) is 31.1 Å². The Kier molecular flexibility index (Phi) is 5.58. The van der Waals surface area contributed by atoms with Crippen LogP contribution in [0.25, 0.3) is 0 Å². The van der Waals surface area contributed by atoms with Crippen LogP contribution < -0.4 is 16.4 Å². The fourth-order valence-electron chi connectivity index (χ4n) is 2.78. The Balaban J connectivity index is 1.54. The summed E-state index contributed by atoms with van der Waals surface area (Å²) in [4.78, 5) is 23.8. The molecule has 8 heteroatoms. The molecule has 0 atom stereocenters. The van der Waals surface area contributed by atoms with Gasteiger partial charge in [0.15, 0.2) is 5.96 Å². The van der Waals surface area contributed by atoms with Crippen LogP contribution in [-0.2, 0) is 6.54 Å². The van der Waals surface area contributed by atoms with Crippen molar-refractivity contribution in [3.05, 3.63) is 58.9 Å². The molecule has 1 saturated heterocycles. The molecule has 0 unspecified atom stereocenters. The highest BCUT2D eigenvalue weighted by Gasteiger charge is 2.18. The average Bonchev–Trinajstić information content (AvgIpc) is 2.67. The van der Waals surface area contributed by atoms with Crippen molar-refractivity contribution < 1.29 is 4.79 Å². The number of rotatable bonds is 4. The second-order valence-corrected chi connectivity index (χ2v) is 6.48. The number of carbonyl (C=O) groups is 1. The summed E-state index contributed by atoms with van der Waals surface area (Å²) >= 11 is 5.94. The minimum absolute atomic E-state index is 0.240. The number of benzene rings is 1. The summed E-state index contributed by atoms with van der Waals surface area (Å²) in [5.74, 6) is -0.0298. The van der Waals surface area contributed by atoms with Gasteiger partial charge in [0, 0.05) is 43.1 Å². The number of nitrogens with two attached hydrogens (primary N) is 2. The maximum Gasteiger partial charge on any atom is 0.267 e. The Hall–Kier alpha value is -2.80. The van der Waals surface area contributed by atoms with Crippen LogP contribution in [0.15, 0.2) is 47.6 Å². The zero-order valence-electron chi connectivity index (χ0n) is 14.3. The molecule has 1 aliphatic rings. The third-order valence-corrected chi connectivity index (χ3v) is 4.55. The first-order chi connectivity index (χ1) is 12.5. The number of piperazine rings is 1. The molecule has 1 amide bonds. The molecule has 1 fully saturated rings. The summed E-state index contributed by atoms with van der Waals surface area (Å²) in [7, 11) is 0. The highest BCUT2D eigenvalue weighted by molar-refractivity contribution is 6.30. The molecule has 1 aromatic heterocycles. The predicted octanol–water partition coefficient (Wildman–Crippen LogP) is 1.47. The molecular weight excluding hydrogens is 352 g/mol. The fourth-order valence-corrected chi connectivity index (χ4v) is 2.91. The number of aromatic nitrogens is 1. The molecule has 1 aliphatic heterocycles. The molecule has 1 aromatic carbocycles. The number of pyridine rings is 1. The largest absolute Gasteiger partial charge is 0.370 e. The summed E-state index contributed by atoms with van der Waals surface area (Å²) < 4.78 is 0.